The second kappa shape index (κ2) is 6.49. The SMILES string of the molecule is CCCCCCC1=C[C@H]2C(=O)N(c3ccccc3)C(=O)[C@H]2C1=O. The fraction of sp³-hybridized carbons (Fsp3) is 0.421. The Hall–Kier alpha value is -2.23. The molecule has 1 aliphatic heterocycles. The topological polar surface area (TPSA) is 54.5 Å². The van der Waals surface area contributed by atoms with Crippen LogP contribution in [0.2, 0.25) is 0 Å². The molecule has 2 aliphatic rings. The summed E-state index contributed by atoms with van der Waals surface area (Å²) in [6, 6.07) is 8.82. The predicted octanol–water partition coefficient (Wildman–Crippen LogP) is 3.27. The number of carbonyl (C=O) groups excluding carboxylic acids is 3. The number of Topliss-reactive ketones (excluding diaryl/α,β-unsaturated/α-hetero) is 1. The minimum absolute atomic E-state index is 0.150. The summed E-state index contributed by atoms with van der Waals surface area (Å²) >= 11 is 0. The number of ketones is 1. The number of rotatable bonds is 6. The van der Waals surface area contributed by atoms with E-state index in [0.717, 1.165) is 30.6 Å². The summed E-state index contributed by atoms with van der Waals surface area (Å²) in [5, 5.41) is 0. The van der Waals surface area contributed by atoms with Crippen LogP contribution in [0.4, 0.5) is 5.69 Å². The van der Waals surface area contributed by atoms with Crippen LogP contribution in [0.1, 0.15) is 39.0 Å². The third-order valence-electron chi connectivity index (χ3n) is 4.64. The van der Waals surface area contributed by atoms with E-state index < -0.39 is 11.8 Å². The number of unbranched alkanes of at least 4 members (excludes halogenated alkanes) is 3. The van der Waals surface area contributed by atoms with Crippen molar-refractivity contribution in [3.05, 3.63) is 42.0 Å². The summed E-state index contributed by atoms with van der Waals surface area (Å²) < 4.78 is 0. The summed E-state index contributed by atoms with van der Waals surface area (Å²) in [4.78, 5) is 38.8. The molecule has 0 unspecified atom stereocenters. The number of amides is 2. The first-order valence-electron chi connectivity index (χ1n) is 8.33. The van der Waals surface area contributed by atoms with Gasteiger partial charge in [-0.3, -0.25) is 14.4 Å². The minimum atomic E-state index is -0.830. The third-order valence-corrected chi connectivity index (χ3v) is 4.64. The van der Waals surface area contributed by atoms with Crippen molar-refractivity contribution in [2.75, 3.05) is 4.90 Å². The molecule has 0 bridgehead atoms. The monoisotopic (exact) mass is 311 g/mol. The first-order valence-corrected chi connectivity index (χ1v) is 8.33. The summed E-state index contributed by atoms with van der Waals surface area (Å²) in [5.41, 5.74) is 1.22. The van der Waals surface area contributed by atoms with Crippen molar-refractivity contribution in [3.8, 4) is 0 Å². The van der Waals surface area contributed by atoms with Gasteiger partial charge in [0.2, 0.25) is 11.8 Å². The number of anilines is 1. The Labute approximate surface area is 136 Å². The van der Waals surface area contributed by atoms with E-state index in [1.54, 1.807) is 30.3 Å². The molecule has 1 fully saturated rings. The molecule has 1 aliphatic carbocycles. The first-order chi connectivity index (χ1) is 11.1. The summed E-state index contributed by atoms with van der Waals surface area (Å²) in [6.45, 7) is 2.14. The van der Waals surface area contributed by atoms with Crippen molar-refractivity contribution in [1.29, 1.82) is 0 Å². The Morgan fingerprint density at radius 2 is 1.70 bits per heavy atom. The summed E-state index contributed by atoms with van der Waals surface area (Å²) in [5.74, 6) is -2.23. The molecule has 120 valence electrons. The number of benzene rings is 1. The number of hydrogen-bond acceptors (Lipinski definition) is 3. The maximum atomic E-state index is 12.6. The minimum Gasteiger partial charge on any atom is -0.294 e. The van der Waals surface area contributed by atoms with Crippen LogP contribution >= 0.6 is 0 Å². The van der Waals surface area contributed by atoms with Crippen LogP contribution in [0.5, 0.6) is 0 Å². The smallest absolute Gasteiger partial charge is 0.245 e. The molecule has 3 rings (SSSR count). The molecule has 4 nitrogen and oxygen atoms in total. The van der Waals surface area contributed by atoms with E-state index in [4.69, 9.17) is 0 Å². The molecule has 0 N–H and O–H groups in total. The third kappa shape index (κ3) is 2.74. The van der Waals surface area contributed by atoms with Crippen LogP contribution in [0.15, 0.2) is 42.0 Å². The fourth-order valence-corrected chi connectivity index (χ4v) is 3.41. The number of allylic oxidation sites excluding steroid dienone is 1. The van der Waals surface area contributed by atoms with Gasteiger partial charge < -0.3 is 0 Å². The van der Waals surface area contributed by atoms with Crippen LogP contribution < -0.4 is 4.90 Å². The molecule has 0 aromatic heterocycles. The Morgan fingerprint density at radius 1 is 0.957 bits per heavy atom. The maximum Gasteiger partial charge on any atom is 0.245 e. The van der Waals surface area contributed by atoms with Crippen LogP contribution in [-0.4, -0.2) is 17.6 Å². The van der Waals surface area contributed by atoms with Gasteiger partial charge in [0.1, 0.15) is 5.92 Å². The number of carbonyl (C=O) groups is 3. The summed E-state index contributed by atoms with van der Waals surface area (Å²) in [7, 11) is 0. The van der Waals surface area contributed by atoms with Crippen LogP contribution in [-0.2, 0) is 14.4 Å². The number of fused-ring (bicyclic) bond motifs is 1. The van der Waals surface area contributed by atoms with Gasteiger partial charge in [0, 0.05) is 0 Å². The van der Waals surface area contributed by atoms with Gasteiger partial charge in [0.05, 0.1) is 11.6 Å². The van der Waals surface area contributed by atoms with Gasteiger partial charge >= 0.3 is 0 Å². The van der Waals surface area contributed by atoms with Gasteiger partial charge in [0.15, 0.2) is 5.78 Å². The van der Waals surface area contributed by atoms with Crippen molar-refractivity contribution >= 4 is 23.3 Å². The van der Waals surface area contributed by atoms with Gasteiger partial charge in [-0.2, -0.15) is 0 Å². The second-order valence-electron chi connectivity index (χ2n) is 6.22. The lowest BCUT2D eigenvalue weighted by atomic mass is 9.96. The molecule has 1 aromatic carbocycles. The normalized spacial score (nSPS) is 23.4. The first kappa shape index (κ1) is 15.7. The van der Waals surface area contributed by atoms with Gasteiger partial charge in [-0.15, -0.1) is 0 Å². The Kier molecular flexibility index (Phi) is 4.42. The van der Waals surface area contributed by atoms with Crippen molar-refractivity contribution in [3.63, 3.8) is 0 Å². The second-order valence-corrected chi connectivity index (χ2v) is 6.22. The maximum absolute atomic E-state index is 12.6. The molecule has 0 saturated carbocycles. The standard InChI is InChI=1S/C19H21NO3/c1-2-3-4-6-9-13-12-15-16(17(13)21)19(23)20(18(15)22)14-10-7-5-8-11-14/h5,7-8,10-12,15-16H,2-4,6,9H2,1H3/t15-,16-/m1/s1. The average molecular weight is 311 g/mol. The molecule has 1 heterocycles. The van der Waals surface area contributed by atoms with Crippen molar-refractivity contribution < 1.29 is 14.4 Å². The van der Waals surface area contributed by atoms with E-state index in [-0.39, 0.29) is 17.6 Å². The lowest BCUT2D eigenvalue weighted by Gasteiger charge is -2.15. The lowest BCUT2D eigenvalue weighted by Crippen LogP contribution is -2.32. The average Bonchev–Trinajstić information content (AvgIpc) is 3.01. The Balaban J connectivity index is 1.76. The molecular formula is C19H21NO3. The zero-order chi connectivity index (χ0) is 16.4. The van der Waals surface area contributed by atoms with E-state index >= 15 is 0 Å². The Morgan fingerprint density at radius 3 is 2.35 bits per heavy atom. The Bertz CT molecular complexity index is 662. The quantitative estimate of drug-likeness (QED) is 0.460. The molecule has 4 heteroatoms. The fourth-order valence-electron chi connectivity index (χ4n) is 3.41. The zero-order valence-corrected chi connectivity index (χ0v) is 13.3. The van der Waals surface area contributed by atoms with Crippen molar-refractivity contribution in [2.24, 2.45) is 11.8 Å². The van der Waals surface area contributed by atoms with E-state index in [0.29, 0.717) is 17.7 Å². The van der Waals surface area contributed by atoms with Crippen molar-refractivity contribution in [2.45, 2.75) is 39.0 Å². The zero-order valence-electron chi connectivity index (χ0n) is 13.3. The highest BCUT2D eigenvalue weighted by molar-refractivity contribution is 6.32. The van der Waals surface area contributed by atoms with Gasteiger partial charge in [-0.25, -0.2) is 4.90 Å². The van der Waals surface area contributed by atoms with Gasteiger partial charge in [0.25, 0.3) is 0 Å². The van der Waals surface area contributed by atoms with Gasteiger partial charge in [-0.05, 0) is 30.5 Å². The number of imide groups is 1. The lowest BCUT2D eigenvalue weighted by molar-refractivity contribution is -0.128. The highest BCUT2D eigenvalue weighted by Gasteiger charge is 2.54. The van der Waals surface area contributed by atoms with Gasteiger partial charge in [-0.1, -0.05) is 50.5 Å². The molecular weight excluding hydrogens is 290 g/mol. The number of para-hydroxylation sites is 1. The van der Waals surface area contributed by atoms with E-state index in [9.17, 15) is 14.4 Å². The molecule has 0 spiro atoms. The van der Waals surface area contributed by atoms with Crippen LogP contribution in [0.3, 0.4) is 0 Å². The highest BCUT2D eigenvalue weighted by atomic mass is 16.2. The van der Waals surface area contributed by atoms with Crippen LogP contribution in [0, 0.1) is 11.8 Å². The van der Waals surface area contributed by atoms with E-state index in [2.05, 4.69) is 6.92 Å². The number of nitrogens with zero attached hydrogens (tertiary/aromatic N) is 1. The molecule has 0 radical (unpaired) electrons. The molecule has 23 heavy (non-hydrogen) atoms. The van der Waals surface area contributed by atoms with E-state index in [1.807, 2.05) is 6.07 Å². The van der Waals surface area contributed by atoms with Crippen LogP contribution in [0.25, 0.3) is 0 Å². The van der Waals surface area contributed by atoms with E-state index in [1.165, 1.54) is 0 Å². The molecule has 2 atom stereocenters. The summed E-state index contributed by atoms with van der Waals surface area (Å²) in [6.07, 6.45) is 6.72. The number of hydrogen-bond donors (Lipinski definition) is 0. The molecule has 1 saturated heterocycles. The predicted molar refractivity (Wildman–Crippen MR) is 87.8 cm³/mol. The highest BCUT2D eigenvalue weighted by Crippen LogP contribution is 2.39. The molecule has 1 aromatic rings. The molecule has 2 amide bonds. The largest absolute Gasteiger partial charge is 0.294 e. The van der Waals surface area contributed by atoms with Crippen molar-refractivity contribution in [1.82, 2.24) is 0 Å².